The number of anilines is 1. The average molecular weight is 489 g/mol. The molecule has 0 saturated heterocycles. The van der Waals surface area contributed by atoms with E-state index in [0.717, 1.165) is 17.5 Å². The molecule has 0 aliphatic heterocycles. The van der Waals surface area contributed by atoms with Crippen LogP contribution in [0.4, 0.5) is 18.9 Å². The van der Waals surface area contributed by atoms with Crippen LogP contribution >= 0.6 is 11.8 Å². The lowest BCUT2D eigenvalue weighted by Gasteiger charge is -2.39. The molecular weight excluding hydrogens is 465 g/mol. The summed E-state index contributed by atoms with van der Waals surface area (Å²) in [6.45, 7) is 1.84. The van der Waals surface area contributed by atoms with E-state index >= 15 is 0 Å². The van der Waals surface area contributed by atoms with Crippen LogP contribution in [0, 0.1) is 6.92 Å². The van der Waals surface area contributed by atoms with Crippen molar-refractivity contribution in [1.82, 2.24) is 15.0 Å². The van der Waals surface area contributed by atoms with Crippen molar-refractivity contribution in [1.29, 1.82) is 0 Å². The maximum Gasteiger partial charge on any atom is 0.420 e. The van der Waals surface area contributed by atoms with E-state index in [2.05, 4.69) is 20.3 Å². The molecule has 178 valence electrons. The first-order valence-electron chi connectivity index (χ1n) is 10.4. The van der Waals surface area contributed by atoms with E-state index < -0.39 is 23.6 Å². The van der Waals surface area contributed by atoms with Crippen LogP contribution in [-0.4, -0.2) is 44.7 Å². The summed E-state index contributed by atoms with van der Waals surface area (Å²) in [4.78, 5) is 11.2. The average Bonchev–Trinajstić information content (AvgIpc) is 3.34. The van der Waals surface area contributed by atoms with Gasteiger partial charge in [0.1, 0.15) is 5.75 Å². The van der Waals surface area contributed by atoms with Crippen LogP contribution in [-0.2, 0) is 0 Å². The van der Waals surface area contributed by atoms with Crippen LogP contribution in [0.25, 0.3) is 10.9 Å². The highest BCUT2D eigenvalue weighted by Gasteiger charge is 2.59. The molecule has 4 rings (SSSR count). The van der Waals surface area contributed by atoms with Gasteiger partial charge in [0.2, 0.25) is 0 Å². The number of imidazole rings is 1. The Morgan fingerprint density at radius 3 is 2.62 bits per heavy atom. The molecule has 0 aliphatic carbocycles. The van der Waals surface area contributed by atoms with E-state index in [4.69, 9.17) is 4.74 Å². The minimum absolute atomic E-state index is 0.168. The van der Waals surface area contributed by atoms with Gasteiger partial charge in [-0.2, -0.15) is 13.2 Å². The fraction of sp³-hybridized carbons (Fsp3) is 0.250. The molecule has 0 saturated carbocycles. The van der Waals surface area contributed by atoms with Crippen molar-refractivity contribution >= 4 is 28.4 Å². The predicted octanol–water partition coefficient (Wildman–Crippen LogP) is 5.51. The van der Waals surface area contributed by atoms with Gasteiger partial charge in [-0.25, -0.2) is 4.98 Å². The van der Waals surface area contributed by atoms with Crippen molar-refractivity contribution in [3.05, 3.63) is 78.2 Å². The number of fused-ring (bicyclic) bond motifs is 1. The number of aryl methyl sites for hydroxylation is 1. The molecule has 2 heterocycles. The van der Waals surface area contributed by atoms with E-state index in [0.29, 0.717) is 16.6 Å². The molecular formula is C24H23F3N4O2S. The third-order valence-electron chi connectivity index (χ3n) is 5.49. The number of alkyl halides is 3. The summed E-state index contributed by atoms with van der Waals surface area (Å²) in [5.41, 5.74) is -1.19. The standard InChI is InChI=1S/C24H23F3N4O2S/c1-15-10-11-16-18(30-15)7-5-8-19(16)31-21(17-6-3-4-9-20(17)33-2)23(32,24(25,26)27)14-34-22-28-12-13-29-22/h3-13,21,31-32H,14H2,1-2H3,(H,28,29). The van der Waals surface area contributed by atoms with E-state index in [-0.39, 0.29) is 16.5 Å². The summed E-state index contributed by atoms with van der Waals surface area (Å²) < 4.78 is 49.1. The lowest BCUT2D eigenvalue weighted by molar-refractivity contribution is -0.256. The van der Waals surface area contributed by atoms with Crippen molar-refractivity contribution in [3.8, 4) is 5.75 Å². The predicted molar refractivity (Wildman–Crippen MR) is 126 cm³/mol. The molecule has 0 fully saturated rings. The molecule has 4 aromatic rings. The second-order valence-electron chi connectivity index (χ2n) is 7.75. The minimum atomic E-state index is -4.98. The number of aromatic amines is 1. The molecule has 0 spiro atoms. The molecule has 0 amide bonds. The van der Waals surface area contributed by atoms with Gasteiger partial charge in [0.25, 0.3) is 0 Å². The van der Waals surface area contributed by atoms with Crippen LogP contribution in [0.1, 0.15) is 17.3 Å². The summed E-state index contributed by atoms with van der Waals surface area (Å²) in [6, 6.07) is 13.5. The molecule has 2 aromatic carbocycles. The number of para-hydroxylation sites is 1. The molecule has 34 heavy (non-hydrogen) atoms. The number of nitrogens with one attached hydrogen (secondary N) is 2. The molecule has 0 radical (unpaired) electrons. The van der Waals surface area contributed by atoms with Gasteiger partial charge in [-0.05, 0) is 37.3 Å². The Labute approximate surface area is 198 Å². The number of halogens is 3. The Kier molecular flexibility index (Phi) is 6.72. The van der Waals surface area contributed by atoms with Gasteiger partial charge in [0, 0.05) is 40.5 Å². The number of nitrogens with zero attached hydrogens (tertiary/aromatic N) is 2. The van der Waals surface area contributed by atoms with Crippen molar-refractivity contribution in [2.24, 2.45) is 0 Å². The maximum absolute atomic E-state index is 14.6. The summed E-state index contributed by atoms with van der Waals surface area (Å²) in [5, 5.41) is 15.2. The monoisotopic (exact) mass is 488 g/mol. The first-order valence-corrected chi connectivity index (χ1v) is 11.4. The zero-order valence-corrected chi connectivity index (χ0v) is 19.2. The quantitative estimate of drug-likeness (QED) is 0.284. The molecule has 0 bridgehead atoms. The zero-order chi connectivity index (χ0) is 24.3. The number of rotatable bonds is 8. The number of methoxy groups -OCH3 is 1. The molecule has 2 aromatic heterocycles. The Bertz CT molecular complexity index is 1270. The third-order valence-corrected chi connectivity index (χ3v) is 6.57. The Morgan fingerprint density at radius 2 is 1.91 bits per heavy atom. The first-order chi connectivity index (χ1) is 16.2. The van der Waals surface area contributed by atoms with Crippen LogP contribution in [0.2, 0.25) is 0 Å². The van der Waals surface area contributed by atoms with Crippen molar-refractivity contribution in [2.45, 2.75) is 29.9 Å². The number of ether oxygens (including phenoxy) is 1. The van der Waals surface area contributed by atoms with Gasteiger partial charge in [0.15, 0.2) is 10.8 Å². The Balaban J connectivity index is 1.85. The van der Waals surface area contributed by atoms with Gasteiger partial charge < -0.3 is 20.1 Å². The van der Waals surface area contributed by atoms with Crippen LogP contribution in [0.5, 0.6) is 5.75 Å². The fourth-order valence-electron chi connectivity index (χ4n) is 3.73. The van der Waals surface area contributed by atoms with Crippen molar-refractivity contribution < 1.29 is 23.0 Å². The van der Waals surface area contributed by atoms with E-state index in [1.54, 1.807) is 48.5 Å². The van der Waals surface area contributed by atoms with Crippen LogP contribution in [0.3, 0.4) is 0 Å². The second kappa shape index (κ2) is 9.55. The molecule has 6 nitrogen and oxygen atoms in total. The summed E-state index contributed by atoms with van der Waals surface area (Å²) in [6.07, 6.45) is -2.03. The Hall–Kier alpha value is -3.24. The van der Waals surface area contributed by atoms with Gasteiger partial charge in [-0.15, -0.1) is 0 Å². The van der Waals surface area contributed by atoms with Gasteiger partial charge in [0.05, 0.1) is 18.7 Å². The molecule has 2 unspecified atom stereocenters. The number of hydrogen-bond acceptors (Lipinski definition) is 6. The zero-order valence-electron chi connectivity index (χ0n) is 18.4. The van der Waals surface area contributed by atoms with E-state index in [9.17, 15) is 18.3 Å². The molecule has 2 atom stereocenters. The molecule has 0 aliphatic rings. The molecule has 3 N–H and O–H groups in total. The van der Waals surface area contributed by atoms with Crippen molar-refractivity contribution in [3.63, 3.8) is 0 Å². The first kappa shape index (κ1) is 23.9. The lowest BCUT2D eigenvalue weighted by atomic mass is 9.88. The number of benzene rings is 2. The van der Waals surface area contributed by atoms with E-state index in [1.807, 2.05) is 6.92 Å². The number of aliphatic hydroxyl groups is 1. The summed E-state index contributed by atoms with van der Waals surface area (Å²) >= 11 is 0.784. The minimum Gasteiger partial charge on any atom is -0.496 e. The summed E-state index contributed by atoms with van der Waals surface area (Å²) in [5.74, 6) is -0.484. The number of H-pyrrole nitrogens is 1. The molecule has 10 heteroatoms. The Morgan fingerprint density at radius 1 is 1.12 bits per heavy atom. The SMILES string of the molecule is COc1ccccc1C(Nc1cccc2nc(C)ccc12)C(O)(CSc1ncc[nH]1)C(F)(F)F. The van der Waals surface area contributed by atoms with Crippen LogP contribution < -0.4 is 10.1 Å². The largest absolute Gasteiger partial charge is 0.496 e. The highest BCUT2D eigenvalue weighted by molar-refractivity contribution is 7.99. The maximum atomic E-state index is 14.6. The van der Waals surface area contributed by atoms with Gasteiger partial charge in [-0.1, -0.05) is 36.0 Å². The number of aromatic nitrogens is 3. The smallest absolute Gasteiger partial charge is 0.420 e. The highest BCUT2D eigenvalue weighted by Crippen LogP contribution is 2.47. The second-order valence-corrected chi connectivity index (χ2v) is 8.71. The normalized spacial score (nSPS) is 14.5. The summed E-state index contributed by atoms with van der Waals surface area (Å²) in [7, 11) is 1.38. The van der Waals surface area contributed by atoms with Crippen LogP contribution in [0.15, 0.2) is 72.1 Å². The fourth-order valence-corrected chi connectivity index (χ4v) is 4.71. The van der Waals surface area contributed by atoms with Gasteiger partial charge >= 0.3 is 6.18 Å². The van der Waals surface area contributed by atoms with E-state index in [1.165, 1.54) is 25.6 Å². The third kappa shape index (κ3) is 4.69. The lowest BCUT2D eigenvalue weighted by Crippen LogP contribution is -2.54. The number of hydrogen-bond donors (Lipinski definition) is 3. The van der Waals surface area contributed by atoms with Crippen molar-refractivity contribution in [2.75, 3.05) is 18.2 Å². The number of pyridine rings is 1. The van der Waals surface area contributed by atoms with Gasteiger partial charge in [-0.3, -0.25) is 4.98 Å². The highest BCUT2D eigenvalue weighted by atomic mass is 32.2. The topological polar surface area (TPSA) is 83.1 Å². The number of thioether (sulfide) groups is 1.